The zero-order chi connectivity index (χ0) is 17.4. The molecule has 4 heteroatoms. The Morgan fingerprint density at radius 3 is 2.38 bits per heavy atom. The average molecular weight is 388 g/mol. The van der Waals surface area contributed by atoms with Gasteiger partial charge in [0.2, 0.25) is 0 Å². The molecule has 1 fully saturated rings. The van der Waals surface area contributed by atoms with Gasteiger partial charge in [-0.05, 0) is 61.7 Å². The predicted molar refractivity (Wildman–Crippen MR) is 114 cm³/mol. The largest absolute Gasteiger partial charge is 0.497 e. The molecule has 1 unspecified atom stereocenters. The van der Waals surface area contributed by atoms with E-state index in [1.165, 1.54) is 21.6 Å². The van der Waals surface area contributed by atoms with Crippen LogP contribution in [-0.2, 0) is 4.75 Å². The van der Waals surface area contributed by atoms with E-state index in [4.69, 9.17) is 4.74 Å². The van der Waals surface area contributed by atoms with Crippen LogP contribution in [0.1, 0.15) is 30.9 Å². The molecule has 1 saturated heterocycles. The molecule has 2 aromatic carbocycles. The Kier molecular flexibility index (Phi) is 5.71. The van der Waals surface area contributed by atoms with Gasteiger partial charge < -0.3 is 9.64 Å². The van der Waals surface area contributed by atoms with Gasteiger partial charge >= 0.3 is 0 Å². The highest BCUT2D eigenvalue weighted by atomic mass is 35.5. The Morgan fingerprint density at radius 1 is 1.04 bits per heavy atom. The lowest BCUT2D eigenvalue weighted by atomic mass is 9.82. The zero-order valence-electron chi connectivity index (χ0n) is 15.6. The fourth-order valence-corrected chi connectivity index (χ4v) is 5.53. The van der Waals surface area contributed by atoms with Gasteiger partial charge in [-0.15, -0.1) is 24.2 Å². The highest BCUT2D eigenvalue weighted by Gasteiger charge is 2.42. The maximum absolute atomic E-state index is 5.53. The van der Waals surface area contributed by atoms with Crippen LogP contribution in [-0.4, -0.2) is 32.1 Å². The topological polar surface area (TPSA) is 12.5 Å². The van der Waals surface area contributed by atoms with E-state index in [9.17, 15) is 0 Å². The smallest absolute Gasteiger partial charge is 0.119 e. The zero-order valence-corrected chi connectivity index (χ0v) is 17.3. The minimum absolute atomic E-state index is 0. The van der Waals surface area contributed by atoms with Gasteiger partial charge in [0.05, 0.1) is 11.9 Å². The summed E-state index contributed by atoms with van der Waals surface area (Å²) in [5.41, 5.74) is 5.89. The van der Waals surface area contributed by atoms with Gasteiger partial charge in [0, 0.05) is 18.0 Å². The maximum Gasteiger partial charge on any atom is 0.119 e. The molecule has 2 aromatic rings. The monoisotopic (exact) mass is 387 g/mol. The van der Waals surface area contributed by atoms with Crippen LogP contribution in [0.5, 0.6) is 5.75 Å². The molecule has 2 nitrogen and oxygen atoms in total. The van der Waals surface area contributed by atoms with Crippen molar-refractivity contribution in [3.8, 4) is 5.75 Å². The number of nitrogens with zero attached hydrogens (tertiary/aromatic N) is 1. The molecule has 0 saturated carbocycles. The molecule has 26 heavy (non-hydrogen) atoms. The molecule has 2 aliphatic heterocycles. The number of rotatable bonds is 2. The van der Waals surface area contributed by atoms with Crippen LogP contribution in [0, 0.1) is 0 Å². The van der Waals surface area contributed by atoms with E-state index in [1.54, 1.807) is 12.7 Å². The van der Waals surface area contributed by atoms with Crippen molar-refractivity contribution in [2.24, 2.45) is 0 Å². The number of piperidine rings is 1. The number of likely N-dealkylation sites (tertiary alicyclic amines) is 1. The molecule has 0 amide bonds. The highest BCUT2D eigenvalue weighted by molar-refractivity contribution is 8.01. The summed E-state index contributed by atoms with van der Waals surface area (Å²) in [7, 11) is 3.97. The van der Waals surface area contributed by atoms with E-state index in [0.29, 0.717) is 0 Å². The van der Waals surface area contributed by atoms with Gasteiger partial charge in [-0.1, -0.05) is 35.9 Å². The number of hydrogen-bond acceptors (Lipinski definition) is 3. The third-order valence-electron chi connectivity index (χ3n) is 5.52. The summed E-state index contributed by atoms with van der Waals surface area (Å²) in [6, 6.07) is 17.5. The standard InChI is InChI=1S/C22H25NOS.ClH/c1-22(17-7-5-4-6-8-17)21(16-11-13-23(2)14-12-16)19-15-18(24-3)9-10-20(19)25-22;/h4-10,15H,11-14H2,1-3H3;1H. The molecule has 0 aliphatic carbocycles. The molecule has 4 rings (SSSR count). The second kappa shape index (κ2) is 7.67. The second-order valence-electron chi connectivity index (χ2n) is 7.15. The van der Waals surface area contributed by atoms with Crippen LogP contribution in [0.2, 0.25) is 0 Å². The lowest BCUT2D eigenvalue weighted by Crippen LogP contribution is -2.28. The van der Waals surface area contributed by atoms with Crippen LogP contribution in [0.3, 0.4) is 0 Å². The fraction of sp³-hybridized carbons (Fsp3) is 0.364. The predicted octanol–water partition coefficient (Wildman–Crippen LogP) is 5.62. The molecule has 0 aromatic heterocycles. The maximum atomic E-state index is 5.53. The van der Waals surface area contributed by atoms with E-state index in [0.717, 1.165) is 31.7 Å². The van der Waals surface area contributed by atoms with Gasteiger partial charge in [-0.25, -0.2) is 0 Å². The minimum atomic E-state index is -0.0266. The summed E-state index contributed by atoms with van der Waals surface area (Å²) in [6.07, 6.45) is 2.32. The summed E-state index contributed by atoms with van der Waals surface area (Å²) in [5.74, 6) is 0.947. The quantitative estimate of drug-likeness (QED) is 0.663. The molecular formula is C22H26ClNOS. The summed E-state index contributed by atoms with van der Waals surface area (Å²) in [6.45, 7) is 4.68. The first kappa shape index (κ1) is 19.3. The molecular weight excluding hydrogens is 362 g/mol. The lowest BCUT2D eigenvalue weighted by Gasteiger charge is -2.32. The van der Waals surface area contributed by atoms with E-state index in [-0.39, 0.29) is 17.2 Å². The Labute approximate surface area is 167 Å². The first-order valence-electron chi connectivity index (χ1n) is 8.96. The van der Waals surface area contributed by atoms with Gasteiger partial charge in [0.1, 0.15) is 5.75 Å². The van der Waals surface area contributed by atoms with Crippen molar-refractivity contribution < 1.29 is 4.74 Å². The van der Waals surface area contributed by atoms with Crippen molar-refractivity contribution in [2.45, 2.75) is 29.4 Å². The Morgan fingerprint density at radius 2 is 1.73 bits per heavy atom. The van der Waals surface area contributed by atoms with Crippen molar-refractivity contribution >= 4 is 29.7 Å². The van der Waals surface area contributed by atoms with Crippen LogP contribution < -0.4 is 4.74 Å². The van der Waals surface area contributed by atoms with Gasteiger partial charge in [0.15, 0.2) is 0 Å². The SMILES string of the molecule is COc1ccc2c(c1)C(=C1CCN(C)CC1)C(C)(c1ccccc1)S2.Cl. The van der Waals surface area contributed by atoms with Crippen LogP contribution in [0.15, 0.2) is 59.0 Å². The number of benzene rings is 2. The van der Waals surface area contributed by atoms with Crippen molar-refractivity contribution in [3.63, 3.8) is 0 Å². The summed E-state index contributed by atoms with van der Waals surface area (Å²) < 4.78 is 5.50. The van der Waals surface area contributed by atoms with Crippen LogP contribution in [0.25, 0.3) is 5.57 Å². The Balaban J connectivity index is 0.00000196. The second-order valence-corrected chi connectivity index (χ2v) is 8.61. The lowest BCUT2D eigenvalue weighted by molar-refractivity contribution is 0.312. The molecule has 0 radical (unpaired) electrons. The van der Waals surface area contributed by atoms with Crippen molar-refractivity contribution in [3.05, 3.63) is 65.2 Å². The van der Waals surface area contributed by atoms with Gasteiger partial charge in [-0.2, -0.15) is 0 Å². The van der Waals surface area contributed by atoms with E-state index in [2.05, 4.69) is 67.4 Å². The molecule has 2 aliphatic rings. The van der Waals surface area contributed by atoms with Crippen LogP contribution >= 0.6 is 24.2 Å². The average Bonchev–Trinajstić information content (AvgIpc) is 2.95. The number of fused-ring (bicyclic) bond motifs is 1. The van der Waals surface area contributed by atoms with Gasteiger partial charge in [0.25, 0.3) is 0 Å². The molecule has 138 valence electrons. The Bertz CT molecular complexity index is 810. The first-order chi connectivity index (χ1) is 12.1. The van der Waals surface area contributed by atoms with E-state index < -0.39 is 0 Å². The third kappa shape index (κ3) is 3.28. The van der Waals surface area contributed by atoms with Crippen molar-refractivity contribution in [1.82, 2.24) is 4.90 Å². The molecule has 0 N–H and O–H groups in total. The van der Waals surface area contributed by atoms with Crippen molar-refractivity contribution in [2.75, 3.05) is 27.2 Å². The summed E-state index contributed by atoms with van der Waals surface area (Å²) in [5, 5.41) is 0. The third-order valence-corrected chi connectivity index (χ3v) is 6.94. The van der Waals surface area contributed by atoms with Crippen LogP contribution in [0.4, 0.5) is 0 Å². The molecule has 0 spiro atoms. The number of thioether (sulfide) groups is 1. The normalized spacial score (nSPS) is 22.7. The highest BCUT2D eigenvalue weighted by Crippen LogP contribution is 2.60. The molecule has 1 atom stereocenters. The number of methoxy groups -OCH3 is 1. The minimum Gasteiger partial charge on any atom is -0.497 e. The van der Waals surface area contributed by atoms with E-state index >= 15 is 0 Å². The molecule has 2 heterocycles. The van der Waals surface area contributed by atoms with Crippen molar-refractivity contribution in [1.29, 1.82) is 0 Å². The number of halogens is 1. The number of hydrogen-bond donors (Lipinski definition) is 0. The summed E-state index contributed by atoms with van der Waals surface area (Å²) >= 11 is 1.99. The molecule has 0 bridgehead atoms. The number of ether oxygens (including phenoxy) is 1. The van der Waals surface area contributed by atoms with E-state index in [1.807, 2.05) is 11.8 Å². The Hall–Kier alpha value is -1.42. The fourth-order valence-electron chi connectivity index (χ4n) is 4.07. The summed E-state index contributed by atoms with van der Waals surface area (Å²) in [4.78, 5) is 3.80. The first-order valence-corrected chi connectivity index (χ1v) is 9.77. The van der Waals surface area contributed by atoms with Gasteiger partial charge in [-0.3, -0.25) is 0 Å².